The first-order valence-corrected chi connectivity index (χ1v) is 7.80. The zero-order valence-electron chi connectivity index (χ0n) is 12.7. The number of aryl methyl sites for hydroxylation is 1. The van der Waals surface area contributed by atoms with E-state index in [9.17, 15) is 5.26 Å². The molecule has 0 aromatic heterocycles. The van der Waals surface area contributed by atoms with Crippen LogP contribution in [0.15, 0.2) is 54.1 Å². The van der Waals surface area contributed by atoms with E-state index in [4.69, 9.17) is 0 Å². The van der Waals surface area contributed by atoms with Gasteiger partial charge in [0.25, 0.3) is 0 Å². The summed E-state index contributed by atoms with van der Waals surface area (Å²) in [7, 11) is 0. The van der Waals surface area contributed by atoms with Gasteiger partial charge in [-0.3, -0.25) is 4.90 Å². The predicted molar refractivity (Wildman–Crippen MR) is 88.2 cm³/mol. The van der Waals surface area contributed by atoms with Crippen molar-refractivity contribution in [1.82, 2.24) is 4.90 Å². The lowest BCUT2D eigenvalue weighted by molar-refractivity contribution is 0.265. The van der Waals surface area contributed by atoms with Crippen molar-refractivity contribution in [2.45, 2.75) is 19.4 Å². The van der Waals surface area contributed by atoms with Crippen molar-refractivity contribution >= 4 is 5.57 Å². The number of nitrogens with zero attached hydrogens (tertiary/aromatic N) is 2. The Hall–Kier alpha value is -2.37. The minimum absolute atomic E-state index is 0.238. The van der Waals surface area contributed by atoms with Crippen molar-refractivity contribution in [2.24, 2.45) is 0 Å². The molecule has 0 spiro atoms. The summed E-state index contributed by atoms with van der Waals surface area (Å²) < 4.78 is 0. The maximum atomic E-state index is 9.61. The zero-order chi connectivity index (χ0) is 15.1. The molecule has 2 nitrogen and oxygen atoms in total. The third-order valence-corrected chi connectivity index (χ3v) is 4.84. The van der Waals surface area contributed by atoms with Gasteiger partial charge in [0, 0.05) is 18.7 Å². The molecule has 2 aromatic carbocycles. The van der Waals surface area contributed by atoms with Crippen LogP contribution in [-0.2, 0) is 6.42 Å². The largest absolute Gasteiger partial charge is 0.287 e. The fraction of sp³-hybridized carbons (Fsp3) is 0.250. The Morgan fingerprint density at radius 2 is 1.86 bits per heavy atom. The van der Waals surface area contributed by atoms with Crippen molar-refractivity contribution in [1.29, 1.82) is 5.26 Å². The van der Waals surface area contributed by atoms with Gasteiger partial charge in [0.05, 0.1) is 12.1 Å². The molecule has 0 bridgehead atoms. The van der Waals surface area contributed by atoms with E-state index in [2.05, 4.69) is 66.4 Å². The van der Waals surface area contributed by atoms with Gasteiger partial charge in [-0.05, 0) is 35.6 Å². The van der Waals surface area contributed by atoms with Gasteiger partial charge in [-0.25, -0.2) is 0 Å². The van der Waals surface area contributed by atoms with Gasteiger partial charge in [-0.1, -0.05) is 54.1 Å². The van der Waals surface area contributed by atoms with Crippen LogP contribution in [0.3, 0.4) is 0 Å². The Morgan fingerprint density at radius 3 is 2.64 bits per heavy atom. The second-order valence-electron chi connectivity index (χ2n) is 6.19. The Labute approximate surface area is 131 Å². The number of hydrogen-bond acceptors (Lipinski definition) is 2. The summed E-state index contributed by atoms with van der Waals surface area (Å²) in [4.78, 5) is 2.44. The normalized spacial score (nSPS) is 20.5. The van der Waals surface area contributed by atoms with Crippen LogP contribution in [0, 0.1) is 18.3 Å². The molecule has 0 amide bonds. The maximum absolute atomic E-state index is 9.61. The van der Waals surface area contributed by atoms with Crippen LogP contribution < -0.4 is 0 Å². The lowest BCUT2D eigenvalue weighted by atomic mass is 9.86. The van der Waals surface area contributed by atoms with Crippen LogP contribution in [0.4, 0.5) is 0 Å². The smallest absolute Gasteiger partial charge is 0.0964 e. The SMILES string of the molecule is Cc1ccc(C2=C(C#N)CN3CCc4ccccc4C23)cc1. The van der Waals surface area contributed by atoms with Crippen LogP contribution in [0.25, 0.3) is 5.57 Å². The van der Waals surface area contributed by atoms with Crippen LogP contribution in [-0.4, -0.2) is 18.0 Å². The molecular weight excluding hydrogens is 268 g/mol. The van der Waals surface area contributed by atoms with Gasteiger partial charge in [0.15, 0.2) is 0 Å². The lowest BCUT2D eigenvalue weighted by Crippen LogP contribution is -2.32. The average Bonchev–Trinajstić information content (AvgIpc) is 2.94. The highest BCUT2D eigenvalue weighted by molar-refractivity contribution is 5.80. The van der Waals surface area contributed by atoms with E-state index in [0.717, 1.165) is 25.1 Å². The van der Waals surface area contributed by atoms with Gasteiger partial charge in [0.1, 0.15) is 0 Å². The molecule has 2 aliphatic rings. The molecule has 0 fully saturated rings. The van der Waals surface area contributed by atoms with Crippen molar-refractivity contribution < 1.29 is 0 Å². The zero-order valence-corrected chi connectivity index (χ0v) is 12.7. The standard InChI is InChI=1S/C20H18N2/c1-14-6-8-16(9-7-14)19-17(12-21)13-22-11-10-15-4-2-3-5-18(15)20(19)22/h2-9,20H,10-11,13H2,1H3. The van der Waals surface area contributed by atoms with Gasteiger partial charge in [-0.2, -0.15) is 5.26 Å². The van der Waals surface area contributed by atoms with Crippen molar-refractivity contribution in [2.75, 3.05) is 13.1 Å². The highest BCUT2D eigenvalue weighted by Gasteiger charge is 2.37. The Bertz CT molecular complexity index is 793. The minimum Gasteiger partial charge on any atom is -0.287 e. The van der Waals surface area contributed by atoms with Crippen LogP contribution in [0.1, 0.15) is 28.3 Å². The summed E-state index contributed by atoms with van der Waals surface area (Å²) in [5.41, 5.74) is 7.36. The first kappa shape index (κ1) is 13.3. The summed E-state index contributed by atoms with van der Waals surface area (Å²) in [6.45, 7) is 3.90. The van der Waals surface area contributed by atoms with Crippen molar-refractivity contribution in [3.05, 3.63) is 76.4 Å². The Balaban J connectivity index is 1.88. The molecule has 4 rings (SSSR count). The third-order valence-electron chi connectivity index (χ3n) is 4.84. The summed E-state index contributed by atoms with van der Waals surface area (Å²) in [6.07, 6.45) is 1.08. The van der Waals surface area contributed by atoms with E-state index in [-0.39, 0.29) is 6.04 Å². The van der Waals surface area contributed by atoms with E-state index >= 15 is 0 Å². The minimum atomic E-state index is 0.238. The maximum Gasteiger partial charge on any atom is 0.0964 e. The molecule has 2 aromatic rings. The highest BCUT2D eigenvalue weighted by Crippen LogP contribution is 2.45. The molecule has 0 aliphatic carbocycles. The van der Waals surface area contributed by atoms with E-state index in [1.54, 1.807) is 0 Å². The molecular formula is C20H18N2. The molecule has 0 N–H and O–H groups in total. The van der Waals surface area contributed by atoms with Gasteiger partial charge >= 0.3 is 0 Å². The van der Waals surface area contributed by atoms with E-state index in [1.807, 2.05) is 0 Å². The first-order chi connectivity index (χ1) is 10.8. The number of hydrogen-bond donors (Lipinski definition) is 0. The fourth-order valence-electron chi connectivity index (χ4n) is 3.74. The summed E-state index contributed by atoms with van der Waals surface area (Å²) in [5.74, 6) is 0. The fourth-order valence-corrected chi connectivity index (χ4v) is 3.74. The Kier molecular flexibility index (Phi) is 3.10. The van der Waals surface area contributed by atoms with Gasteiger partial charge in [0.2, 0.25) is 0 Å². The second kappa shape index (κ2) is 5.12. The van der Waals surface area contributed by atoms with Crippen molar-refractivity contribution in [3.63, 3.8) is 0 Å². The molecule has 2 heteroatoms. The molecule has 2 heterocycles. The van der Waals surface area contributed by atoms with Crippen molar-refractivity contribution in [3.8, 4) is 6.07 Å². The van der Waals surface area contributed by atoms with Gasteiger partial charge in [-0.15, -0.1) is 0 Å². The number of rotatable bonds is 1. The van der Waals surface area contributed by atoms with Crippen LogP contribution >= 0.6 is 0 Å². The monoisotopic (exact) mass is 286 g/mol. The summed E-state index contributed by atoms with van der Waals surface area (Å²) in [6, 6.07) is 19.9. The quantitative estimate of drug-likeness (QED) is 0.795. The van der Waals surface area contributed by atoms with E-state index in [0.29, 0.717) is 0 Å². The topological polar surface area (TPSA) is 27.0 Å². The number of fused-ring (bicyclic) bond motifs is 3. The third kappa shape index (κ3) is 1.98. The van der Waals surface area contributed by atoms with E-state index in [1.165, 1.54) is 27.8 Å². The molecule has 0 saturated carbocycles. The second-order valence-corrected chi connectivity index (χ2v) is 6.19. The molecule has 22 heavy (non-hydrogen) atoms. The highest BCUT2D eigenvalue weighted by atomic mass is 15.2. The number of nitriles is 1. The Morgan fingerprint density at radius 1 is 1.09 bits per heavy atom. The molecule has 0 radical (unpaired) electrons. The lowest BCUT2D eigenvalue weighted by Gasteiger charge is -2.33. The number of benzene rings is 2. The van der Waals surface area contributed by atoms with Crippen LogP contribution in [0.2, 0.25) is 0 Å². The first-order valence-electron chi connectivity index (χ1n) is 7.80. The average molecular weight is 286 g/mol. The molecule has 1 atom stereocenters. The molecule has 1 unspecified atom stereocenters. The van der Waals surface area contributed by atoms with E-state index < -0.39 is 0 Å². The molecule has 0 saturated heterocycles. The summed E-state index contributed by atoms with van der Waals surface area (Å²) in [5, 5.41) is 9.61. The van der Waals surface area contributed by atoms with Gasteiger partial charge < -0.3 is 0 Å². The summed E-state index contributed by atoms with van der Waals surface area (Å²) >= 11 is 0. The molecule has 2 aliphatic heterocycles. The predicted octanol–water partition coefficient (Wildman–Crippen LogP) is 3.89. The molecule has 108 valence electrons. The van der Waals surface area contributed by atoms with Crippen LogP contribution in [0.5, 0.6) is 0 Å².